The first-order valence-corrected chi connectivity index (χ1v) is 9.48. The van der Waals surface area contributed by atoms with Gasteiger partial charge in [-0.2, -0.15) is 35.3 Å². The van der Waals surface area contributed by atoms with Gasteiger partial charge in [0.1, 0.15) is 0 Å². The lowest BCUT2D eigenvalue weighted by molar-refractivity contribution is 0.139. The van der Waals surface area contributed by atoms with Gasteiger partial charge >= 0.3 is 0 Å². The largest absolute Gasteiger partial charge is 0.379 e. The third-order valence-corrected chi connectivity index (χ3v) is 6.61. The fourth-order valence-electron chi connectivity index (χ4n) is 2.02. The molecule has 4 unspecified atom stereocenters. The highest BCUT2D eigenvalue weighted by Gasteiger charge is 2.28. The van der Waals surface area contributed by atoms with Gasteiger partial charge in [0.15, 0.2) is 0 Å². The van der Waals surface area contributed by atoms with Crippen LogP contribution in [-0.4, -0.2) is 58.9 Å². The van der Waals surface area contributed by atoms with Crippen molar-refractivity contribution < 1.29 is 9.47 Å². The summed E-state index contributed by atoms with van der Waals surface area (Å²) in [6, 6.07) is 0. The van der Waals surface area contributed by atoms with E-state index in [-0.39, 0.29) is 0 Å². The Kier molecular flexibility index (Phi) is 4.90. The molecule has 0 saturated carbocycles. The van der Waals surface area contributed by atoms with Crippen LogP contribution in [0.15, 0.2) is 0 Å². The summed E-state index contributed by atoms with van der Waals surface area (Å²) < 4.78 is 11.5. The van der Waals surface area contributed by atoms with E-state index in [1.54, 1.807) is 0 Å². The molecular formula is C12H20O2S3. The Balaban J connectivity index is 1.22. The Labute approximate surface area is 116 Å². The molecule has 0 radical (unpaired) electrons. The molecule has 5 heteroatoms. The normalized spacial score (nSPS) is 39.5. The van der Waals surface area contributed by atoms with Crippen LogP contribution in [0.4, 0.5) is 0 Å². The van der Waals surface area contributed by atoms with Crippen LogP contribution in [0, 0.1) is 0 Å². The molecule has 0 amide bonds. The monoisotopic (exact) mass is 292 g/mol. The number of ether oxygens (including phenoxy) is 2. The predicted molar refractivity (Wildman–Crippen MR) is 78.5 cm³/mol. The van der Waals surface area contributed by atoms with E-state index < -0.39 is 0 Å². The molecule has 2 nitrogen and oxygen atoms in total. The molecule has 0 N–H and O–H groups in total. The van der Waals surface area contributed by atoms with Crippen LogP contribution in [0.1, 0.15) is 12.8 Å². The Morgan fingerprint density at radius 1 is 0.706 bits per heavy atom. The van der Waals surface area contributed by atoms with Crippen LogP contribution < -0.4 is 0 Å². The van der Waals surface area contributed by atoms with Crippen molar-refractivity contribution in [1.29, 1.82) is 0 Å². The van der Waals surface area contributed by atoms with E-state index in [1.807, 2.05) is 23.5 Å². The van der Waals surface area contributed by atoms with Crippen LogP contribution >= 0.6 is 35.3 Å². The number of hydrogen-bond donors (Lipinski definition) is 0. The summed E-state index contributed by atoms with van der Waals surface area (Å²) in [5.74, 6) is 2.63. The number of hydrogen-bond acceptors (Lipinski definition) is 5. The van der Waals surface area contributed by atoms with Gasteiger partial charge in [-0.15, -0.1) is 0 Å². The molecular weight excluding hydrogens is 272 g/mol. The smallest absolute Gasteiger partial charge is 0.0593 e. The Morgan fingerprint density at radius 2 is 1.12 bits per heavy atom. The lowest BCUT2D eigenvalue weighted by Crippen LogP contribution is -2.13. The predicted octanol–water partition coefficient (Wildman–Crippen LogP) is 2.51. The zero-order chi connectivity index (χ0) is 11.5. The fourth-order valence-corrected chi connectivity index (χ4v) is 4.30. The van der Waals surface area contributed by atoms with Crippen molar-refractivity contribution in [2.75, 3.05) is 37.9 Å². The average molecular weight is 292 g/mol. The van der Waals surface area contributed by atoms with Gasteiger partial charge in [-0.3, -0.25) is 0 Å². The van der Waals surface area contributed by atoms with Gasteiger partial charge in [-0.1, -0.05) is 0 Å². The molecule has 0 aromatic rings. The molecule has 98 valence electrons. The van der Waals surface area contributed by atoms with Crippen molar-refractivity contribution >= 4 is 35.3 Å². The maximum atomic E-state index is 5.76. The SMILES string of the molecule is C(OCC1CCC(COCC2CS2)S1)C1CS1. The highest BCUT2D eigenvalue weighted by molar-refractivity contribution is 8.07. The lowest BCUT2D eigenvalue weighted by atomic mass is 10.2. The van der Waals surface area contributed by atoms with Gasteiger partial charge in [0, 0.05) is 32.5 Å². The quantitative estimate of drug-likeness (QED) is 0.638. The standard InChI is InChI=1S/C12H20O2S3/c1-2-10(4-14-6-12-8-16-12)17-9(1)3-13-5-11-7-15-11/h9-12H,1-8H2. The summed E-state index contributed by atoms with van der Waals surface area (Å²) in [5, 5.41) is 3.08. The van der Waals surface area contributed by atoms with Crippen molar-refractivity contribution in [1.82, 2.24) is 0 Å². The molecule has 3 rings (SSSR count). The van der Waals surface area contributed by atoms with Crippen LogP contribution in [0.3, 0.4) is 0 Å². The van der Waals surface area contributed by atoms with E-state index in [9.17, 15) is 0 Å². The maximum absolute atomic E-state index is 5.76. The molecule has 4 atom stereocenters. The molecule has 0 aliphatic carbocycles. The minimum atomic E-state index is 0.725. The van der Waals surface area contributed by atoms with Gasteiger partial charge in [0.05, 0.1) is 26.4 Å². The van der Waals surface area contributed by atoms with Crippen LogP contribution in [0.25, 0.3) is 0 Å². The van der Waals surface area contributed by atoms with E-state index in [1.165, 1.54) is 24.3 Å². The van der Waals surface area contributed by atoms with Crippen LogP contribution in [0.2, 0.25) is 0 Å². The highest BCUT2D eigenvalue weighted by Crippen LogP contribution is 2.36. The summed E-state index contributed by atoms with van der Waals surface area (Å²) in [6.07, 6.45) is 2.63. The summed E-state index contributed by atoms with van der Waals surface area (Å²) in [7, 11) is 0. The van der Waals surface area contributed by atoms with Crippen LogP contribution in [0.5, 0.6) is 0 Å². The first kappa shape index (κ1) is 13.0. The molecule has 0 spiro atoms. The van der Waals surface area contributed by atoms with E-state index in [4.69, 9.17) is 9.47 Å². The lowest BCUT2D eigenvalue weighted by Gasteiger charge is -2.12. The van der Waals surface area contributed by atoms with Crippen molar-refractivity contribution in [2.45, 2.75) is 33.8 Å². The molecule has 3 aliphatic heterocycles. The van der Waals surface area contributed by atoms with Gasteiger partial charge in [0.25, 0.3) is 0 Å². The first-order valence-electron chi connectivity index (χ1n) is 6.44. The third kappa shape index (κ3) is 4.86. The highest BCUT2D eigenvalue weighted by atomic mass is 32.2. The molecule has 0 aromatic heterocycles. The maximum Gasteiger partial charge on any atom is 0.0593 e. The molecule has 3 fully saturated rings. The Hall–Kier alpha value is 0.970. The van der Waals surface area contributed by atoms with Crippen molar-refractivity contribution in [3.8, 4) is 0 Å². The van der Waals surface area contributed by atoms with E-state index >= 15 is 0 Å². The Bertz CT molecular complexity index is 220. The second kappa shape index (κ2) is 6.42. The van der Waals surface area contributed by atoms with Crippen LogP contribution in [-0.2, 0) is 9.47 Å². The van der Waals surface area contributed by atoms with Gasteiger partial charge in [0.2, 0.25) is 0 Å². The first-order chi connectivity index (χ1) is 8.40. The fraction of sp³-hybridized carbons (Fsp3) is 1.00. The zero-order valence-corrected chi connectivity index (χ0v) is 12.5. The third-order valence-electron chi connectivity index (χ3n) is 3.22. The molecule has 0 aromatic carbocycles. The van der Waals surface area contributed by atoms with Gasteiger partial charge in [-0.05, 0) is 12.8 Å². The van der Waals surface area contributed by atoms with Crippen molar-refractivity contribution in [3.63, 3.8) is 0 Å². The van der Waals surface area contributed by atoms with Crippen molar-refractivity contribution in [3.05, 3.63) is 0 Å². The minimum absolute atomic E-state index is 0.725. The second-order valence-electron chi connectivity index (χ2n) is 4.94. The van der Waals surface area contributed by atoms with Gasteiger partial charge in [-0.25, -0.2) is 0 Å². The molecule has 17 heavy (non-hydrogen) atoms. The summed E-state index contributed by atoms with van der Waals surface area (Å²) in [6.45, 7) is 3.86. The van der Waals surface area contributed by atoms with Gasteiger partial charge < -0.3 is 9.47 Å². The molecule has 0 bridgehead atoms. The van der Waals surface area contributed by atoms with E-state index in [0.717, 1.165) is 47.4 Å². The summed E-state index contributed by atoms with van der Waals surface area (Å²) in [5.41, 5.74) is 0. The number of rotatable bonds is 8. The molecule has 3 heterocycles. The van der Waals surface area contributed by atoms with E-state index in [0.29, 0.717) is 0 Å². The van der Waals surface area contributed by atoms with E-state index in [2.05, 4.69) is 11.8 Å². The Morgan fingerprint density at radius 3 is 1.53 bits per heavy atom. The zero-order valence-electron chi connectivity index (χ0n) is 10.0. The topological polar surface area (TPSA) is 18.5 Å². The minimum Gasteiger partial charge on any atom is -0.379 e. The average Bonchev–Trinajstić information content (AvgIpc) is 3.22. The second-order valence-corrected chi connectivity index (χ2v) is 9.22. The molecule has 3 saturated heterocycles. The summed E-state index contributed by atoms with van der Waals surface area (Å²) in [4.78, 5) is 0. The molecule has 3 aliphatic rings. The van der Waals surface area contributed by atoms with Crippen molar-refractivity contribution in [2.24, 2.45) is 0 Å². The number of thioether (sulfide) groups is 3. The summed E-state index contributed by atoms with van der Waals surface area (Å²) >= 11 is 6.13.